The van der Waals surface area contributed by atoms with Crippen molar-refractivity contribution in [2.75, 3.05) is 6.54 Å². The zero-order valence-electron chi connectivity index (χ0n) is 6.16. The van der Waals surface area contributed by atoms with Gasteiger partial charge in [0.15, 0.2) is 0 Å². The van der Waals surface area contributed by atoms with E-state index in [1.54, 1.807) is 13.8 Å². The summed E-state index contributed by atoms with van der Waals surface area (Å²) in [6.45, 7) is 3.24. The minimum absolute atomic E-state index is 0.105. The molecule has 0 aliphatic carbocycles. The topological polar surface area (TPSA) is 69.6 Å². The zero-order valence-corrected chi connectivity index (χ0v) is 6.16. The van der Waals surface area contributed by atoms with E-state index in [4.69, 9.17) is 10.2 Å². The van der Waals surface area contributed by atoms with Crippen molar-refractivity contribution in [1.82, 2.24) is 5.32 Å². The molecule has 0 aliphatic heterocycles. The van der Waals surface area contributed by atoms with Crippen molar-refractivity contribution >= 4 is 5.97 Å². The second-order valence-corrected chi connectivity index (χ2v) is 2.30. The van der Waals surface area contributed by atoms with Gasteiger partial charge in [0.1, 0.15) is 0 Å². The van der Waals surface area contributed by atoms with Gasteiger partial charge in [-0.25, -0.2) is 0 Å². The van der Waals surface area contributed by atoms with Crippen molar-refractivity contribution in [1.29, 1.82) is 0 Å². The van der Waals surface area contributed by atoms with Crippen LogP contribution in [0.4, 0.5) is 0 Å². The van der Waals surface area contributed by atoms with E-state index in [-0.39, 0.29) is 12.6 Å². The summed E-state index contributed by atoms with van der Waals surface area (Å²) >= 11 is 0. The predicted octanol–water partition coefficient (Wildman–Crippen LogP) is -0.570. The second kappa shape index (κ2) is 4.24. The third kappa shape index (κ3) is 4.29. The molecule has 3 N–H and O–H groups in total. The minimum Gasteiger partial charge on any atom is -0.480 e. The molecule has 0 saturated carbocycles. The molecule has 2 atom stereocenters. The molecule has 0 radical (unpaired) electrons. The second-order valence-electron chi connectivity index (χ2n) is 2.30. The fourth-order valence-corrected chi connectivity index (χ4v) is 0.419. The fraction of sp³-hybridized carbons (Fsp3) is 0.833. The maximum atomic E-state index is 9.98. The van der Waals surface area contributed by atoms with Crippen LogP contribution in [0, 0.1) is 0 Å². The Hall–Kier alpha value is -0.610. The van der Waals surface area contributed by atoms with Crippen molar-refractivity contribution in [3.05, 3.63) is 0 Å². The predicted molar refractivity (Wildman–Crippen MR) is 36.8 cm³/mol. The number of nitrogens with one attached hydrogen (secondary N) is 1. The van der Waals surface area contributed by atoms with E-state index in [0.29, 0.717) is 0 Å². The first-order chi connectivity index (χ1) is 4.54. The first-order valence-corrected chi connectivity index (χ1v) is 3.17. The van der Waals surface area contributed by atoms with E-state index in [0.717, 1.165) is 0 Å². The third-order valence-corrected chi connectivity index (χ3v) is 1.30. The number of hydrogen-bond acceptors (Lipinski definition) is 3. The highest BCUT2D eigenvalue weighted by Gasteiger charge is 2.08. The Balaban J connectivity index is 3.39. The molecule has 0 fully saturated rings. The average molecular weight is 147 g/mol. The van der Waals surface area contributed by atoms with Crippen LogP contribution < -0.4 is 5.32 Å². The highest BCUT2D eigenvalue weighted by molar-refractivity contribution is 5.69. The molecular weight excluding hydrogens is 134 g/mol. The molecule has 0 bridgehead atoms. The molecule has 10 heavy (non-hydrogen) atoms. The van der Waals surface area contributed by atoms with Gasteiger partial charge in [0.25, 0.3) is 0 Å². The van der Waals surface area contributed by atoms with Crippen LogP contribution in [0.1, 0.15) is 13.8 Å². The SMILES string of the molecule is CC(O)C(C)NCC(=O)O. The van der Waals surface area contributed by atoms with Crippen LogP contribution in [0.3, 0.4) is 0 Å². The Morgan fingerprint density at radius 2 is 2.10 bits per heavy atom. The molecule has 0 saturated heterocycles. The summed E-state index contributed by atoms with van der Waals surface area (Å²) in [4.78, 5) is 9.98. The summed E-state index contributed by atoms with van der Waals surface area (Å²) in [7, 11) is 0. The minimum atomic E-state index is -0.910. The Morgan fingerprint density at radius 1 is 1.60 bits per heavy atom. The largest absolute Gasteiger partial charge is 0.480 e. The monoisotopic (exact) mass is 147 g/mol. The van der Waals surface area contributed by atoms with Gasteiger partial charge < -0.3 is 15.5 Å². The Morgan fingerprint density at radius 3 is 2.40 bits per heavy atom. The highest BCUT2D eigenvalue weighted by Crippen LogP contribution is 1.88. The van der Waals surface area contributed by atoms with Gasteiger partial charge >= 0.3 is 5.97 Å². The van der Waals surface area contributed by atoms with Gasteiger partial charge in [-0.15, -0.1) is 0 Å². The number of carbonyl (C=O) groups is 1. The lowest BCUT2D eigenvalue weighted by molar-refractivity contribution is -0.136. The van der Waals surface area contributed by atoms with Crippen LogP contribution >= 0.6 is 0 Å². The van der Waals surface area contributed by atoms with Crippen molar-refractivity contribution in [3.63, 3.8) is 0 Å². The van der Waals surface area contributed by atoms with Gasteiger partial charge in [-0.3, -0.25) is 4.79 Å². The van der Waals surface area contributed by atoms with Gasteiger partial charge in [0, 0.05) is 6.04 Å². The van der Waals surface area contributed by atoms with E-state index in [1.165, 1.54) is 0 Å². The molecule has 4 nitrogen and oxygen atoms in total. The first-order valence-electron chi connectivity index (χ1n) is 3.17. The summed E-state index contributed by atoms with van der Waals surface area (Å²) in [5.41, 5.74) is 0. The molecule has 4 heteroatoms. The van der Waals surface area contributed by atoms with E-state index >= 15 is 0 Å². The number of hydrogen-bond donors (Lipinski definition) is 3. The van der Waals surface area contributed by atoms with Crippen LogP contribution in [0.5, 0.6) is 0 Å². The average Bonchev–Trinajstić information content (AvgIpc) is 1.82. The Kier molecular flexibility index (Phi) is 3.99. The molecule has 0 aromatic heterocycles. The number of carboxylic acids is 1. The Bertz CT molecular complexity index is 114. The van der Waals surface area contributed by atoms with Crippen molar-refractivity contribution in [2.24, 2.45) is 0 Å². The normalized spacial score (nSPS) is 16.3. The van der Waals surface area contributed by atoms with E-state index in [1.807, 2.05) is 0 Å². The van der Waals surface area contributed by atoms with Crippen molar-refractivity contribution < 1.29 is 15.0 Å². The maximum Gasteiger partial charge on any atom is 0.317 e. The maximum absolute atomic E-state index is 9.98. The van der Waals surface area contributed by atoms with Crippen molar-refractivity contribution in [3.8, 4) is 0 Å². The zero-order chi connectivity index (χ0) is 8.15. The molecule has 0 aromatic rings. The molecule has 0 aliphatic rings. The Labute approximate surface area is 59.9 Å². The fourth-order valence-electron chi connectivity index (χ4n) is 0.419. The quantitative estimate of drug-likeness (QED) is 0.498. The van der Waals surface area contributed by atoms with Gasteiger partial charge in [-0.1, -0.05) is 0 Å². The molecule has 60 valence electrons. The number of rotatable bonds is 4. The molecule has 0 spiro atoms. The summed E-state index contributed by atoms with van der Waals surface area (Å²) < 4.78 is 0. The van der Waals surface area contributed by atoms with Gasteiger partial charge in [0.2, 0.25) is 0 Å². The lowest BCUT2D eigenvalue weighted by atomic mass is 10.2. The summed E-state index contributed by atoms with van der Waals surface area (Å²) in [5.74, 6) is -0.910. The van der Waals surface area contributed by atoms with E-state index in [2.05, 4.69) is 5.32 Å². The number of aliphatic carboxylic acids is 1. The molecule has 0 aromatic carbocycles. The first kappa shape index (κ1) is 9.39. The van der Waals surface area contributed by atoms with E-state index in [9.17, 15) is 4.79 Å². The lowest BCUT2D eigenvalue weighted by Gasteiger charge is -2.14. The van der Waals surface area contributed by atoms with Crippen molar-refractivity contribution in [2.45, 2.75) is 26.0 Å². The van der Waals surface area contributed by atoms with Crippen LogP contribution in [0.15, 0.2) is 0 Å². The smallest absolute Gasteiger partial charge is 0.317 e. The molecule has 2 unspecified atom stereocenters. The lowest BCUT2D eigenvalue weighted by Crippen LogP contribution is -2.38. The number of carboxylic acid groups (broad SMARTS) is 1. The van der Waals surface area contributed by atoms with Gasteiger partial charge in [0.05, 0.1) is 12.6 Å². The number of aliphatic hydroxyl groups excluding tert-OH is 1. The third-order valence-electron chi connectivity index (χ3n) is 1.30. The van der Waals surface area contributed by atoms with Crippen LogP contribution in [-0.2, 0) is 4.79 Å². The highest BCUT2D eigenvalue weighted by atomic mass is 16.4. The van der Waals surface area contributed by atoms with Gasteiger partial charge in [-0.05, 0) is 13.8 Å². The molecule has 0 heterocycles. The van der Waals surface area contributed by atoms with Crippen LogP contribution in [0.25, 0.3) is 0 Å². The number of aliphatic hydroxyl groups is 1. The summed E-state index contributed by atoms with van der Waals surface area (Å²) in [6.07, 6.45) is -0.514. The standard InChI is InChI=1S/C6H13NO3/c1-4(5(2)8)7-3-6(9)10/h4-5,7-8H,3H2,1-2H3,(H,9,10). The summed E-state index contributed by atoms with van der Waals surface area (Å²) in [5, 5.41) is 19.7. The van der Waals surface area contributed by atoms with Crippen LogP contribution in [-0.4, -0.2) is 34.9 Å². The molecule has 0 amide bonds. The summed E-state index contributed by atoms with van der Waals surface area (Å²) in [6, 6.07) is -0.170. The molecular formula is C6H13NO3. The molecule has 0 rings (SSSR count). The van der Waals surface area contributed by atoms with Crippen LogP contribution in [0.2, 0.25) is 0 Å². The van der Waals surface area contributed by atoms with E-state index < -0.39 is 12.1 Å². The van der Waals surface area contributed by atoms with Gasteiger partial charge in [-0.2, -0.15) is 0 Å².